The molecular formula is C18H18N6O3. The smallest absolute Gasteiger partial charge is 0.414 e. The van der Waals surface area contributed by atoms with Crippen molar-refractivity contribution in [1.29, 1.82) is 5.26 Å². The van der Waals surface area contributed by atoms with Crippen molar-refractivity contribution in [2.24, 2.45) is 5.73 Å². The molecule has 1 aliphatic heterocycles. The van der Waals surface area contributed by atoms with E-state index in [-0.39, 0.29) is 17.2 Å². The predicted molar refractivity (Wildman–Crippen MR) is 93.7 cm³/mol. The lowest BCUT2D eigenvalue weighted by molar-refractivity contribution is 0.0995. The molecule has 2 aromatic rings. The number of nitriles is 1. The van der Waals surface area contributed by atoms with E-state index in [2.05, 4.69) is 16.4 Å². The summed E-state index contributed by atoms with van der Waals surface area (Å²) >= 11 is 0. The molecule has 2 N–H and O–H groups in total. The molecule has 1 aliphatic carbocycles. The maximum Gasteiger partial charge on any atom is 0.414 e. The number of anilines is 1. The van der Waals surface area contributed by atoms with Gasteiger partial charge in [-0.05, 0) is 30.5 Å². The Morgan fingerprint density at radius 1 is 1.37 bits per heavy atom. The highest BCUT2D eigenvalue weighted by molar-refractivity contribution is 5.90. The summed E-state index contributed by atoms with van der Waals surface area (Å²) in [6.45, 7) is 0.884. The number of cyclic esters (lactones) is 1. The quantitative estimate of drug-likeness (QED) is 0.822. The zero-order chi connectivity index (χ0) is 19.0. The molecule has 2 amide bonds. The van der Waals surface area contributed by atoms with E-state index in [0.29, 0.717) is 19.5 Å². The first kappa shape index (κ1) is 17.0. The number of ether oxygens (including phenoxy) is 1. The summed E-state index contributed by atoms with van der Waals surface area (Å²) in [5.41, 5.74) is 6.65. The lowest BCUT2D eigenvalue weighted by Crippen LogP contribution is -2.24. The molecule has 2 heterocycles. The number of amides is 2. The van der Waals surface area contributed by atoms with Crippen LogP contribution in [0.3, 0.4) is 0 Å². The number of primary amides is 1. The van der Waals surface area contributed by atoms with Gasteiger partial charge >= 0.3 is 6.09 Å². The zero-order valence-electron chi connectivity index (χ0n) is 14.5. The van der Waals surface area contributed by atoms with Crippen LogP contribution < -0.4 is 10.6 Å². The number of carbonyl (C=O) groups is 2. The van der Waals surface area contributed by atoms with Gasteiger partial charge in [-0.2, -0.15) is 5.26 Å². The number of nitrogens with zero attached hydrogens (tertiary/aromatic N) is 5. The van der Waals surface area contributed by atoms with E-state index in [1.807, 2.05) is 24.3 Å². The maximum absolute atomic E-state index is 12.2. The second kappa shape index (κ2) is 6.39. The molecule has 27 heavy (non-hydrogen) atoms. The van der Waals surface area contributed by atoms with Crippen LogP contribution in [0.15, 0.2) is 30.5 Å². The number of rotatable bonds is 6. The Balaban J connectivity index is 1.37. The fraction of sp³-hybridized carbons (Fsp3) is 0.389. The lowest BCUT2D eigenvalue weighted by Gasteiger charge is -2.14. The van der Waals surface area contributed by atoms with Crippen molar-refractivity contribution < 1.29 is 14.3 Å². The van der Waals surface area contributed by atoms with Gasteiger partial charge in [-0.3, -0.25) is 14.4 Å². The zero-order valence-corrected chi connectivity index (χ0v) is 14.5. The average Bonchev–Trinajstić information content (AvgIpc) is 3.16. The Morgan fingerprint density at radius 3 is 2.70 bits per heavy atom. The van der Waals surface area contributed by atoms with Gasteiger partial charge in [-0.15, -0.1) is 5.10 Å². The number of hydrogen-bond acceptors (Lipinski definition) is 6. The molecule has 4 rings (SSSR count). The second-order valence-corrected chi connectivity index (χ2v) is 6.88. The van der Waals surface area contributed by atoms with Gasteiger partial charge in [0.15, 0.2) is 5.69 Å². The molecule has 2 fully saturated rings. The van der Waals surface area contributed by atoms with Gasteiger partial charge in [0.05, 0.1) is 24.2 Å². The van der Waals surface area contributed by atoms with E-state index in [0.717, 1.165) is 24.1 Å². The van der Waals surface area contributed by atoms with Crippen LogP contribution in [-0.4, -0.2) is 39.6 Å². The molecule has 1 aromatic carbocycles. The molecule has 2 aliphatic rings. The number of benzene rings is 1. The summed E-state index contributed by atoms with van der Waals surface area (Å²) in [6, 6.07) is 9.89. The van der Waals surface area contributed by atoms with Gasteiger partial charge in [0.25, 0.3) is 5.91 Å². The highest BCUT2D eigenvalue weighted by Gasteiger charge is 2.44. The molecule has 1 saturated carbocycles. The van der Waals surface area contributed by atoms with Crippen molar-refractivity contribution in [2.45, 2.75) is 37.3 Å². The summed E-state index contributed by atoms with van der Waals surface area (Å²) in [5, 5.41) is 16.8. The molecule has 1 unspecified atom stereocenters. The van der Waals surface area contributed by atoms with Gasteiger partial charge in [-0.25, -0.2) is 4.79 Å². The van der Waals surface area contributed by atoms with Crippen LogP contribution in [-0.2, 0) is 16.7 Å². The molecule has 138 valence electrons. The van der Waals surface area contributed by atoms with Gasteiger partial charge < -0.3 is 10.5 Å². The summed E-state index contributed by atoms with van der Waals surface area (Å²) in [6.07, 6.45) is 3.10. The standard InChI is InChI=1S/C18H18N6O3/c19-11-18(6-7-18)12-1-3-13(4-2-12)24-9-14(27-17(24)26)5-8-23-10-15(16(20)25)21-22-23/h1-4,10,14H,5-9H2,(H2,20,25). The minimum Gasteiger partial charge on any atom is -0.444 e. The van der Waals surface area contributed by atoms with E-state index in [1.165, 1.54) is 10.9 Å². The molecule has 0 bridgehead atoms. The van der Waals surface area contributed by atoms with Crippen LogP contribution in [0.2, 0.25) is 0 Å². The first-order chi connectivity index (χ1) is 13.0. The Hall–Kier alpha value is -3.41. The van der Waals surface area contributed by atoms with Gasteiger partial charge in [0.1, 0.15) is 6.10 Å². The third-order valence-corrected chi connectivity index (χ3v) is 5.04. The van der Waals surface area contributed by atoms with Crippen molar-refractivity contribution >= 4 is 17.7 Å². The highest BCUT2D eigenvalue weighted by atomic mass is 16.6. The van der Waals surface area contributed by atoms with Gasteiger partial charge in [-0.1, -0.05) is 17.3 Å². The number of carbonyl (C=O) groups excluding carboxylic acids is 2. The van der Waals surface area contributed by atoms with E-state index in [9.17, 15) is 14.9 Å². The van der Waals surface area contributed by atoms with Crippen LogP contribution in [0.4, 0.5) is 10.5 Å². The molecule has 0 radical (unpaired) electrons. The SMILES string of the molecule is N#CC1(c2ccc(N3CC(CCn4cc(C(N)=O)nn4)OC3=O)cc2)CC1. The molecular weight excluding hydrogens is 348 g/mol. The third-order valence-electron chi connectivity index (χ3n) is 5.04. The fourth-order valence-electron chi connectivity index (χ4n) is 3.23. The summed E-state index contributed by atoms with van der Waals surface area (Å²) < 4.78 is 6.92. The molecule has 9 heteroatoms. The Labute approximate surface area is 155 Å². The first-order valence-corrected chi connectivity index (χ1v) is 8.71. The van der Waals surface area contributed by atoms with Gasteiger partial charge in [0, 0.05) is 18.7 Å². The number of aromatic nitrogens is 3. The molecule has 1 saturated heterocycles. The molecule has 1 atom stereocenters. The average molecular weight is 366 g/mol. The number of aryl methyl sites for hydroxylation is 1. The topological polar surface area (TPSA) is 127 Å². The third kappa shape index (κ3) is 3.21. The lowest BCUT2D eigenvalue weighted by atomic mass is 9.97. The van der Waals surface area contributed by atoms with Crippen LogP contribution in [0.1, 0.15) is 35.3 Å². The van der Waals surface area contributed by atoms with Crippen LogP contribution in [0.5, 0.6) is 0 Å². The minimum atomic E-state index is -0.632. The Bertz CT molecular complexity index is 925. The van der Waals surface area contributed by atoms with Crippen molar-refractivity contribution in [2.75, 3.05) is 11.4 Å². The monoisotopic (exact) mass is 366 g/mol. The second-order valence-electron chi connectivity index (χ2n) is 6.88. The van der Waals surface area contributed by atoms with Crippen LogP contribution in [0, 0.1) is 11.3 Å². The Kier molecular flexibility index (Phi) is 4.03. The van der Waals surface area contributed by atoms with Gasteiger partial charge in [0.2, 0.25) is 0 Å². The number of nitrogens with two attached hydrogens (primary N) is 1. The van der Waals surface area contributed by atoms with Crippen LogP contribution >= 0.6 is 0 Å². The Morgan fingerprint density at radius 2 is 2.11 bits per heavy atom. The van der Waals surface area contributed by atoms with E-state index in [1.54, 1.807) is 4.90 Å². The number of hydrogen-bond donors (Lipinski definition) is 1. The van der Waals surface area contributed by atoms with Crippen molar-refractivity contribution in [3.8, 4) is 6.07 Å². The molecule has 1 aromatic heterocycles. The van der Waals surface area contributed by atoms with Crippen molar-refractivity contribution in [3.05, 3.63) is 41.7 Å². The van der Waals surface area contributed by atoms with E-state index >= 15 is 0 Å². The van der Waals surface area contributed by atoms with E-state index in [4.69, 9.17) is 10.5 Å². The molecule has 0 spiro atoms. The van der Waals surface area contributed by atoms with Crippen LogP contribution in [0.25, 0.3) is 0 Å². The normalized spacial score (nSPS) is 20.2. The first-order valence-electron chi connectivity index (χ1n) is 8.71. The van der Waals surface area contributed by atoms with E-state index < -0.39 is 12.0 Å². The van der Waals surface area contributed by atoms with Crippen molar-refractivity contribution in [3.63, 3.8) is 0 Å². The summed E-state index contributed by atoms with van der Waals surface area (Å²) in [4.78, 5) is 24.8. The highest BCUT2D eigenvalue weighted by Crippen LogP contribution is 2.47. The minimum absolute atomic E-state index is 0.103. The van der Waals surface area contributed by atoms with Crippen molar-refractivity contribution in [1.82, 2.24) is 15.0 Å². The summed E-state index contributed by atoms with van der Waals surface area (Å²) in [5.74, 6) is -0.632. The maximum atomic E-state index is 12.2. The largest absolute Gasteiger partial charge is 0.444 e. The summed E-state index contributed by atoms with van der Waals surface area (Å²) in [7, 11) is 0. The predicted octanol–water partition coefficient (Wildman–Crippen LogP) is 1.35. The molecule has 9 nitrogen and oxygen atoms in total. The fourth-order valence-corrected chi connectivity index (χ4v) is 3.23.